The zero-order chi connectivity index (χ0) is 11.1. The minimum atomic E-state index is 0.373. The van der Waals surface area contributed by atoms with E-state index in [9.17, 15) is 0 Å². The summed E-state index contributed by atoms with van der Waals surface area (Å²) in [5.74, 6) is 2.46. The highest BCUT2D eigenvalue weighted by atomic mass is 32.2. The standard InChI is InChI=1S/C11H20N2S2/c1-4-14-6-5-9(2)13-10(3)11-7-15-8-12-11/h7-10,13H,4-6H2,1-3H3. The van der Waals surface area contributed by atoms with Gasteiger partial charge in [-0.3, -0.25) is 0 Å². The van der Waals surface area contributed by atoms with E-state index in [0.717, 1.165) is 5.69 Å². The number of thiazole rings is 1. The Morgan fingerprint density at radius 3 is 2.93 bits per heavy atom. The quantitative estimate of drug-likeness (QED) is 0.745. The summed E-state index contributed by atoms with van der Waals surface area (Å²) >= 11 is 3.67. The van der Waals surface area contributed by atoms with E-state index in [2.05, 4.69) is 36.5 Å². The molecule has 0 aromatic carbocycles. The molecule has 1 N–H and O–H groups in total. The van der Waals surface area contributed by atoms with Crippen molar-refractivity contribution in [1.82, 2.24) is 10.3 Å². The number of hydrogen-bond acceptors (Lipinski definition) is 4. The molecule has 2 atom stereocenters. The number of hydrogen-bond donors (Lipinski definition) is 1. The molecule has 0 aliphatic heterocycles. The maximum Gasteiger partial charge on any atom is 0.0795 e. The molecule has 0 spiro atoms. The van der Waals surface area contributed by atoms with Crippen molar-refractivity contribution in [3.05, 3.63) is 16.6 Å². The fraction of sp³-hybridized carbons (Fsp3) is 0.727. The summed E-state index contributed by atoms with van der Waals surface area (Å²) < 4.78 is 0. The van der Waals surface area contributed by atoms with E-state index in [0.29, 0.717) is 12.1 Å². The summed E-state index contributed by atoms with van der Waals surface area (Å²) in [5.41, 5.74) is 3.06. The number of thioether (sulfide) groups is 1. The van der Waals surface area contributed by atoms with E-state index >= 15 is 0 Å². The minimum Gasteiger partial charge on any atom is -0.306 e. The van der Waals surface area contributed by atoms with E-state index in [1.165, 1.54) is 17.9 Å². The summed E-state index contributed by atoms with van der Waals surface area (Å²) in [5, 5.41) is 5.69. The van der Waals surface area contributed by atoms with Crippen LogP contribution in [0.25, 0.3) is 0 Å². The van der Waals surface area contributed by atoms with Crippen LogP contribution in [-0.2, 0) is 0 Å². The lowest BCUT2D eigenvalue weighted by Gasteiger charge is -2.18. The van der Waals surface area contributed by atoms with Crippen LogP contribution in [0, 0.1) is 0 Å². The van der Waals surface area contributed by atoms with Crippen molar-refractivity contribution in [3.63, 3.8) is 0 Å². The van der Waals surface area contributed by atoms with Crippen LogP contribution in [0.4, 0.5) is 0 Å². The Morgan fingerprint density at radius 2 is 2.33 bits per heavy atom. The lowest BCUT2D eigenvalue weighted by Crippen LogP contribution is -2.29. The van der Waals surface area contributed by atoms with E-state index in [1.807, 2.05) is 17.3 Å². The number of rotatable bonds is 7. The second-order valence-corrected chi connectivity index (χ2v) is 5.80. The molecule has 0 amide bonds. The highest BCUT2D eigenvalue weighted by Gasteiger charge is 2.10. The predicted octanol–water partition coefficient (Wildman–Crippen LogP) is 3.33. The molecule has 0 saturated carbocycles. The third-order valence-corrected chi connectivity index (χ3v) is 3.87. The third kappa shape index (κ3) is 5.00. The van der Waals surface area contributed by atoms with Gasteiger partial charge in [-0.2, -0.15) is 11.8 Å². The maximum atomic E-state index is 4.32. The topological polar surface area (TPSA) is 24.9 Å². The SMILES string of the molecule is CCSCCC(C)NC(C)c1cscn1. The van der Waals surface area contributed by atoms with Gasteiger partial charge in [-0.15, -0.1) is 11.3 Å². The summed E-state index contributed by atoms with van der Waals surface area (Å²) in [6.07, 6.45) is 1.23. The number of aromatic nitrogens is 1. The van der Waals surface area contributed by atoms with Crippen LogP contribution in [-0.4, -0.2) is 22.5 Å². The fourth-order valence-corrected chi connectivity index (χ4v) is 2.89. The first kappa shape index (κ1) is 13.0. The third-order valence-electron chi connectivity index (χ3n) is 2.33. The Bertz CT molecular complexity index is 249. The normalized spacial score (nSPS) is 15.1. The Labute approximate surface area is 101 Å². The van der Waals surface area contributed by atoms with Crippen LogP contribution < -0.4 is 5.32 Å². The Kier molecular flexibility index (Phi) is 6.29. The summed E-state index contributed by atoms with van der Waals surface area (Å²) in [6, 6.07) is 0.943. The molecular weight excluding hydrogens is 224 g/mol. The molecule has 0 aliphatic carbocycles. The fourth-order valence-electron chi connectivity index (χ4n) is 1.44. The molecule has 1 heterocycles. The van der Waals surface area contributed by atoms with Gasteiger partial charge in [0.25, 0.3) is 0 Å². The molecule has 2 nitrogen and oxygen atoms in total. The largest absolute Gasteiger partial charge is 0.306 e. The second kappa shape index (κ2) is 7.25. The van der Waals surface area contributed by atoms with Crippen LogP contribution >= 0.6 is 23.1 Å². The molecule has 0 aliphatic rings. The van der Waals surface area contributed by atoms with Crippen molar-refractivity contribution in [1.29, 1.82) is 0 Å². The Hall–Kier alpha value is -0.0600. The molecular formula is C11H20N2S2. The average Bonchev–Trinajstić information content (AvgIpc) is 2.70. The molecule has 86 valence electrons. The zero-order valence-corrected chi connectivity index (χ0v) is 11.3. The first-order valence-electron chi connectivity index (χ1n) is 5.46. The Morgan fingerprint density at radius 1 is 1.53 bits per heavy atom. The van der Waals surface area contributed by atoms with Gasteiger partial charge >= 0.3 is 0 Å². The summed E-state index contributed by atoms with van der Waals surface area (Å²) in [7, 11) is 0. The van der Waals surface area contributed by atoms with Crippen molar-refractivity contribution in [2.24, 2.45) is 0 Å². The minimum absolute atomic E-state index is 0.373. The van der Waals surface area contributed by atoms with Gasteiger partial charge in [0.05, 0.1) is 11.2 Å². The smallest absolute Gasteiger partial charge is 0.0795 e. The van der Waals surface area contributed by atoms with Crippen LogP contribution in [0.1, 0.15) is 38.9 Å². The van der Waals surface area contributed by atoms with Crippen molar-refractivity contribution >= 4 is 23.1 Å². The van der Waals surface area contributed by atoms with Crippen molar-refractivity contribution in [2.45, 2.75) is 39.3 Å². The molecule has 0 radical (unpaired) electrons. The first-order valence-corrected chi connectivity index (χ1v) is 7.55. The molecule has 0 bridgehead atoms. The average molecular weight is 244 g/mol. The number of nitrogens with one attached hydrogen (secondary N) is 1. The molecule has 1 aromatic rings. The second-order valence-electron chi connectivity index (χ2n) is 3.69. The van der Waals surface area contributed by atoms with Gasteiger partial charge in [0, 0.05) is 17.5 Å². The molecule has 2 unspecified atom stereocenters. The zero-order valence-electron chi connectivity index (χ0n) is 9.69. The molecule has 4 heteroatoms. The lowest BCUT2D eigenvalue weighted by atomic mass is 10.2. The molecule has 0 fully saturated rings. The van der Waals surface area contributed by atoms with Gasteiger partial charge < -0.3 is 5.32 Å². The van der Waals surface area contributed by atoms with E-state index in [1.54, 1.807) is 11.3 Å². The molecule has 15 heavy (non-hydrogen) atoms. The van der Waals surface area contributed by atoms with E-state index in [-0.39, 0.29) is 0 Å². The maximum absolute atomic E-state index is 4.32. The van der Waals surface area contributed by atoms with Gasteiger partial charge in [0.2, 0.25) is 0 Å². The van der Waals surface area contributed by atoms with Crippen LogP contribution in [0.15, 0.2) is 10.9 Å². The monoisotopic (exact) mass is 244 g/mol. The van der Waals surface area contributed by atoms with E-state index in [4.69, 9.17) is 0 Å². The highest BCUT2D eigenvalue weighted by molar-refractivity contribution is 7.99. The summed E-state index contributed by atoms with van der Waals surface area (Å²) in [6.45, 7) is 6.64. The van der Waals surface area contributed by atoms with Gasteiger partial charge in [0.15, 0.2) is 0 Å². The summed E-state index contributed by atoms with van der Waals surface area (Å²) in [4.78, 5) is 4.32. The highest BCUT2D eigenvalue weighted by Crippen LogP contribution is 2.14. The van der Waals surface area contributed by atoms with Crippen LogP contribution in [0.5, 0.6) is 0 Å². The molecule has 0 saturated heterocycles. The van der Waals surface area contributed by atoms with Gasteiger partial charge in [0.1, 0.15) is 0 Å². The number of nitrogens with zero attached hydrogens (tertiary/aromatic N) is 1. The van der Waals surface area contributed by atoms with Crippen molar-refractivity contribution in [3.8, 4) is 0 Å². The van der Waals surface area contributed by atoms with Crippen molar-refractivity contribution < 1.29 is 0 Å². The first-order chi connectivity index (χ1) is 7.24. The van der Waals surface area contributed by atoms with Gasteiger partial charge in [-0.1, -0.05) is 6.92 Å². The molecule has 1 rings (SSSR count). The molecule has 1 aromatic heterocycles. The van der Waals surface area contributed by atoms with Crippen LogP contribution in [0.3, 0.4) is 0 Å². The van der Waals surface area contributed by atoms with Gasteiger partial charge in [-0.05, 0) is 31.8 Å². The Balaban J connectivity index is 2.22. The predicted molar refractivity (Wildman–Crippen MR) is 70.7 cm³/mol. The van der Waals surface area contributed by atoms with Gasteiger partial charge in [-0.25, -0.2) is 4.98 Å². The van der Waals surface area contributed by atoms with Crippen molar-refractivity contribution in [2.75, 3.05) is 11.5 Å². The van der Waals surface area contributed by atoms with E-state index < -0.39 is 0 Å². The van der Waals surface area contributed by atoms with Crippen LogP contribution in [0.2, 0.25) is 0 Å². The lowest BCUT2D eigenvalue weighted by molar-refractivity contribution is 0.466.